The lowest BCUT2D eigenvalue weighted by molar-refractivity contribution is -0.154. The highest BCUT2D eigenvalue weighted by Crippen LogP contribution is 2.08. The maximum absolute atomic E-state index is 11.2. The summed E-state index contributed by atoms with van der Waals surface area (Å²) in [4.78, 5) is 11.2. The Morgan fingerprint density at radius 3 is 2.09 bits per heavy atom. The van der Waals surface area contributed by atoms with Crippen molar-refractivity contribution in [2.75, 3.05) is 13.9 Å². The number of rotatable bonds is 16. The van der Waals surface area contributed by atoms with Gasteiger partial charge in [-0.1, -0.05) is 63.3 Å². The Hall–Kier alpha value is -1.09. The molecule has 0 saturated carbocycles. The van der Waals surface area contributed by atoms with E-state index in [9.17, 15) is 4.79 Å². The van der Waals surface area contributed by atoms with Crippen LogP contribution in [0.25, 0.3) is 0 Å². The molecule has 0 unspecified atom stereocenters. The smallest absolute Gasteiger partial charge is 0.307 e. The molecule has 0 aliphatic heterocycles. The van der Waals surface area contributed by atoms with E-state index in [1.807, 2.05) is 0 Å². The number of hydrogen-bond acceptors (Lipinski definition) is 3. The molecular formula is C20H36O3. The van der Waals surface area contributed by atoms with Crippen LogP contribution in [0, 0.1) is 0 Å². The molecule has 23 heavy (non-hydrogen) atoms. The highest BCUT2D eigenvalue weighted by Gasteiger charge is 2.01. The topological polar surface area (TPSA) is 35.5 Å². The van der Waals surface area contributed by atoms with E-state index in [2.05, 4.69) is 36.0 Å². The van der Waals surface area contributed by atoms with Gasteiger partial charge in [-0.2, -0.15) is 0 Å². The zero-order valence-corrected chi connectivity index (χ0v) is 15.2. The van der Waals surface area contributed by atoms with Gasteiger partial charge in [0, 0.05) is 13.5 Å². The van der Waals surface area contributed by atoms with Gasteiger partial charge in [0.1, 0.15) is 0 Å². The predicted octanol–water partition coefficient (Wildman–Crippen LogP) is 5.95. The zero-order valence-electron chi connectivity index (χ0n) is 15.2. The molecule has 134 valence electrons. The molecule has 0 spiro atoms. The standard InChI is InChI=1S/C20H36O3/c1-3-4-5-6-7-8-9-10-11-12-13-14-15-16-17-18-20(21)23-19-22-2/h7-8,10-11H,3-6,9,12-19H2,1-2H3/b8-7+,11-10+. The van der Waals surface area contributed by atoms with Crippen LogP contribution >= 0.6 is 0 Å². The summed E-state index contributed by atoms with van der Waals surface area (Å²) in [7, 11) is 1.52. The van der Waals surface area contributed by atoms with Crippen LogP contribution < -0.4 is 0 Å². The molecule has 0 bridgehead atoms. The summed E-state index contributed by atoms with van der Waals surface area (Å²) in [6.07, 6.45) is 22.8. The summed E-state index contributed by atoms with van der Waals surface area (Å²) in [5.41, 5.74) is 0. The first-order valence-electron chi connectivity index (χ1n) is 9.25. The van der Waals surface area contributed by atoms with E-state index in [0.29, 0.717) is 6.42 Å². The highest BCUT2D eigenvalue weighted by molar-refractivity contribution is 5.69. The van der Waals surface area contributed by atoms with Crippen molar-refractivity contribution >= 4 is 5.97 Å². The zero-order chi connectivity index (χ0) is 17.0. The fraction of sp³-hybridized carbons (Fsp3) is 0.750. The molecule has 0 fully saturated rings. The van der Waals surface area contributed by atoms with E-state index in [4.69, 9.17) is 4.74 Å². The summed E-state index contributed by atoms with van der Waals surface area (Å²) in [5.74, 6) is -0.155. The van der Waals surface area contributed by atoms with Crippen LogP contribution in [-0.2, 0) is 14.3 Å². The average Bonchev–Trinajstić information content (AvgIpc) is 2.56. The Kier molecular flexibility index (Phi) is 18.1. The molecule has 0 atom stereocenters. The number of ether oxygens (including phenoxy) is 2. The average molecular weight is 325 g/mol. The second kappa shape index (κ2) is 19.0. The first kappa shape index (κ1) is 21.9. The van der Waals surface area contributed by atoms with Gasteiger partial charge in [-0.3, -0.25) is 4.79 Å². The third kappa shape index (κ3) is 18.9. The Labute approximate surface area is 143 Å². The van der Waals surface area contributed by atoms with Crippen molar-refractivity contribution in [3.8, 4) is 0 Å². The molecule has 0 saturated heterocycles. The fourth-order valence-electron chi connectivity index (χ4n) is 2.28. The largest absolute Gasteiger partial charge is 0.438 e. The van der Waals surface area contributed by atoms with Gasteiger partial charge in [0.05, 0.1) is 0 Å². The first-order chi connectivity index (χ1) is 11.3. The minimum absolute atomic E-state index is 0.0685. The highest BCUT2D eigenvalue weighted by atomic mass is 16.7. The van der Waals surface area contributed by atoms with Crippen LogP contribution in [0.4, 0.5) is 0 Å². The molecule has 0 aliphatic carbocycles. The van der Waals surface area contributed by atoms with E-state index < -0.39 is 0 Å². The van der Waals surface area contributed by atoms with Gasteiger partial charge in [0.2, 0.25) is 0 Å². The Bertz CT molecular complexity index is 308. The van der Waals surface area contributed by atoms with Crippen molar-refractivity contribution in [1.82, 2.24) is 0 Å². The quantitative estimate of drug-likeness (QED) is 0.152. The molecular weight excluding hydrogens is 288 g/mol. The molecule has 0 radical (unpaired) electrons. The maximum Gasteiger partial charge on any atom is 0.307 e. The number of unbranched alkanes of at least 4 members (excludes halogenated alkanes) is 8. The molecule has 0 N–H and O–H groups in total. The van der Waals surface area contributed by atoms with Gasteiger partial charge in [-0.05, 0) is 38.5 Å². The second-order valence-electron chi connectivity index (χ2n) is 5.90. The molecule has 0 amide bonds. The summed E-state index contributed by atoms with van der Waals surface area (Å²) < 4.78 is 9.52. The third-order valence-corrected chi connectivity index (χ3v) is 3.67. The summed E-state index contributed by atoms with van der Waals surface area (Å²) in [6.45, 7) is 2.31. The molecule has 0 rings (SSSR count). The number of carbonyl (C=O) groups is 1. The van der Waals surface area contributed by atoms with Gasteiger partial charge >= 0.3 is 5.97 Å². The summed E-state index contributed by atoms with van der Waals surface area (Å²) in [5, 5.41) is 0. The van der Waals surface area contributed by atoms with Crippen molar-refractivity contribution in [2.24, 2.45) is 0 Å². The second-order valence-corrected chi connectivity index (χ2v) is 5.90. The van der Waals surface area contributed by atoms with Crippen LogP contribution in [-0.4, -0.2) is 19.9 Å². The monoisotopic (exact) mass is 324 g/mol. The van der Waals surface area contributed by atoms with Gasteiger partial charge in [0.25, 0.3) is 0 Å². The van der Waals surface area contributed by atoms with Gasteiger partial charge < -0.3 is 9.47 Å². The lowest BCUT2D eigenvalue weighted by Crippen LogP contribution is -2.06. The number of methoxy groups -OCH3 is 1. The summed E-state index contributed by atoms with van der Waals surface area (Å²) in [6, 6.07) is 0. The van der Waals surface area contributed by atoms with E-state index in [-0.39, 0.29) is 12.8 Å². The van der Waals surface area contributed by atoms with Crippen molar-refractivity contribution in [3.05, 3.63) is 24.3 Å². The van der Waals surface area contributed by atoms with Gasteiger partial charge in [0.15, 0.2) is 6.79 Å². The van der Waals surface area contributed by atoms with Crippen molar-refractivity contribution in [2.45, 2.75) is 84.0 Å². The number of allylic oxidation sites excluding steroid dienone is 4. The Morgan fingerprint density at radius 2 is 1.43 bits per heavy atom. The summed E-state index contributed by atoms with van der Waals surface area (Å²) >= 11 is 0. The van der Waals surface area contributed by atoms with Gasteiger partial charge in [-0.15, -0.1) is 0 Å². The van der Waals surface area contributed by atoms with Crippen LogP contribution in [0.5, 0.6) is 0 Å². The predicted molar refractivity (Wildman–Crippen MR) is 97.3 cm³/mol. The van der Waals surface area contributed by atoms with E-state index in [1.54, 1.807) is 0 Å². The minimum atomic E-state index is -0.155. The van der Waals surface area contributed by atoms with E-state index in [1.165, 1.54) is 58.5 Å². The molecule has 0 heterocycles. The SMILES string of the molecule is CCCCC/C=C/C/C=C/CCCCCCCC(=O)OCOC. The third-order valence-electron chi connectivity index (χ3n) is 3.67. The lowest BCUT2D eigenvalue weighted by Gasteiger charge is -2.03. The Balaban J connectivity index is 3.23. The fourth-order valence-corrected chi connectivity index (χ4v) is 2.28. The van der Waals surface area contributed by atoms with Crippen LogP contribution in [0.15, 0.2) is 24.3 Å². The number of hydrogen-bond donors (Lipinski definition) is 0. The Morgan fingerprint density at radius 1 is 0.826 bits per heavy atom. The number of carbonyl (C=O) groups excluding carboxylic acids is 1. The van der Waals surface area contributed by atoms with E-state index in [0.717, 1.165) is 19.3 Å². The number of esters is 1. The molecule has 3 nitrogen and oxygen atoms in total. The van der Waals surface area contributed by atoms with Crippen molar-refractivity contribution in [1.29, 1.82) is 0 Å². The first-order valence-corrected chi connectivity index (χ1v) is 9.25. The molecule has 0 aromatic heterocycles. The normalized spacial score (nSPS) is 11.6. The van der Waals surface area contributed by atoms with E-state index >= 15 is 0 Å². The molecule has 0 aromatic carbocycles. The van der Waals surface area contributed by atoms with Crippen molar-refractivity contribution < 1.29 is 14.3 Å². The molecule has 0 aromatic rings. The van der Waals surface area contributed by atoms with Crippen LogP contribution in [0.3, 0.4) is 0 Å². The van der Waals surface area contributed by atoms with Gasteiger partial charge in [-0.25, -0.2) is 0 Å². The lowest BCUT2D eigenvalue weighted by atomic mass is 10.1. The minimum Gasteiger partial charge on any atom is -0.438 e. The van der Waals surface area contributed by atoms with Crippen molar-refractivity contribution in [3.63, 3.8) is 0 Å². The van der Waals surface area contributed by atoms with Crippen LogP contribution in [0.2, 0.25) is 0 Å². The molecule has 0 aliphatic rings. The van der Waals surface area contributed by atoms with Crippen LogP contribution in [0.1, 0.15) is 84.0 Å². The maximum atomic E-state index is 11.2. The molecule has 3 heteroatoms.